The van der Waals surface area contributed by atoms with Gasteiger partial charge < -0.3 is 10.6 Å². The molecule has 0 saturated carbocycles. The Balaban J connectivity index is 2.18. The number of benzene rings is 2. The lowest BCUT2D eigenvalue weighted by molar-refractivity contribution is 0.102. The van der Waals surface area contributed by atoms with Gasteiger partial charge in [-0.1, -0.05) is 29.8 Å². The number of halogens is 2. The molecule has 0 atom stereocenters. The second-order valence-electron chi connectivity index (χ2n) is 4.59. The minimum atomic E-state index is -0.125. The fraction of sp³-hybridized carbons (Fsp3) is 0.188. The summed E-state index contributed by atoms with van der Waals surface area (Å²) in [5.74, 6) is -0.125. The zero-order valence-corrected chi connectivity index (χ0v) is 14.0. The van der Waals surface area contributed by atoms with Crippen LogP contribution >= 0.6 is 27.5 Å². The number of hydrogen-bond acceptors (Lipinski definition) is 2. The van der Waals surface area contributed by atoms with Crippen LogP contribution in [0.5, 0.6) is 0 Å². The first-order valence-corrected chi connectivity index (χ1v) is 7.78. The van der Waals surface area contributed by atoms with E-state index in [9.17, 15) is 4.79 Å². The Kier molecular flexibility index (Phi) is 5.79. The third-order valence-corrected chi connectivity index (χ3v) is 4.32. The number of nitrogens with one attached hydrogen (secondary N) is 2. The highest BCUT2D eigenvalue weighted by atomic mass is 79.9. The van der Waals surface area contributed by atoms with Gasteiger partial charge in [-0.25, -0.2) is 0 Å². The molecule has 0 aliphatic carbocycles. The van der Waals surface area contributed by atoms with E-state index >= 15 is 0 Å². The van der Waals surface area contributed by atoms with Crippen LogP contribution in [0.2, 0.25) is 5.02 Å². The lowest BCUT2D eigenvalue weighted by atomic mass is 10.0. The van der Waals surface area contributed by atoms with Crippen molar-refractivity contribution in [3.05, 3.63) is 63.1 Å². The molecule has 0 radical (unpaired) electrons. The Morgan fingerprint density at radius 3 is 2.71 bits per heavy atom. The molecule has 0 heterocycles. The van der Waals surface area contributed by atoms with Crippen LogP contribution in [0.3, 0.4) is 0 Å². The molecule has 0 bridgehead atoms. The highest BCUT2D eigenvalue weighted by molar-refractivity contribution is 9.10. The minimum absolute atomic E-state index is 0.125. The van der Waals surface area contributed by atoms with E-state index in [2.05, 4.69) is 26.6 Å². The van der Waals surface area contributed by atoms with Crippen molar-refractivity contribution in [2.24, 2.45) is 0 Å². The fourth-order valence-electron chi connectivity index (χ4n) is 1.99. The van der Waals surface area contributed by atoms with Crippen molar-refractivity contribution in [3.63, 3.8) is 0 Å². The summed E-state index contributed by atoms with van der Waals surface area (Å²) in [6.07, 6.45) is 0.807. The molecular formula is C16H16BrClN2O. The van der Waals surface area contributed by atoms with Gasteiger partial charge in [-0.05, 0) is 65.8 Å². The van der Waals surface area contributed by atoms with Crippen LogP contribution in [0.4, 0.5) is 5.69 Å². The molecule has 5 heteroatoms. The van der Waals surface area contributed by atoms with Gasteiger partial charge in [0, 0.05) is 15.7 Å². The summed E-state index contributed by atoms with van der Waals surface area (Å²) in [6.45, 7) is 0.828. The van der Waals surface area contributed by atoms with Crippen LogP contribution < -0.4 is 10.6 Å². The van der Waals surface area contributed by atoms with Crippen molar-refractivity contribution in [1.29, 1.82) is 0 Å². The summed E-state index contributed by atoms with van der Waals surface area (Å²) in [5.41, 5.74) is 2.39. The lowest BCUT2D eigenvalue weighted by Crippen LogP contribution is -2.17. The summed E-state index contributed by atoms with van der Waals surface area (Å²) in [7, 11) is 1.90. The highest BCUT2D eigenvalue weighted by Gasteiger charge is 2.11. The normalized spacial score (nSPS) is 10.4. The number of likely N-dealkylation sites (N-methyl/N-ethyl adjacent to an activating group) is 1. The summed E-state index contributed by atoms with van der Waals surface area (Å²) in [4.78, 5) is 12.4. The van der Waals surface area contributed by atoms with Gasteiger partial charge >= 0.3 is 0 Å². The molecule has 3 nitrogen and oxygen atoms in total. The number of rotatable bonds is 5. The average Bonchev–Trinajstić information content (AvgIpc) is 2.49. The topological polar surface area (TPSA) is 41.1 Å². The molecule has 0 aliphatic rings. The first kappa shape index (κ1) is 16.0. The van der Waals surface area contributed by atoms with Gasteiger partial charge in [0.2, 0.25) is 0 Å². The highest BCUT2D eigenvalue weighted by Crippen LogP contribution is 2.26. The van der Waals surface area contributed by atoms with E-state index < -0.39 is 0 Å². The van der Waals surface area contributed by atoms with E-state index in [4.69, 9.17) is 11.6 Å². The molecule has 2 aromatic rings. The minimum Gasteiger partial charge on any atom is -0.322 e. The van der Waals surface area contributed by atoms with Crippen LogP contribution in [0, 0.1) is 0 Å². The van der Waals surface area contributed by atoms with Crippen LogP contribution in [0.15, 0.2) is 46.9 Å². The number of carbonyl (C=O) groups is 1. The van der Waals surface area contributed by atoms with Crippen molar-refractivity contribution in [1.82, 2.24) is 5.32 Å². The smallest absolute Gasteiger partial charge is 0.255 e. The number of anilines is 1. The predicted octanol–water partition coefficient (Wildman–Crippen LogP) is 4.12. The van der Waals surface area contributed by atoms with E-state index in [1.54, 1.807) is 6.07 Å². The van der Waals surface area contributed by atoms with E-state index in [0.717, 1.165) is 23.0 Å². The zero-order valence-electron chi connectivity index (χ0n) is 11.6. The fourth-order valence-corrected chi connectivity index (χ4v) is 2.42. The first-order chi connectivity index (χ1) is 10.1. The van der Waals surface area contributed by atoms with Crippen molar-refractivity contribution in [3.8, 4) is 0 Å². The molecule has 21 heavy (non-hydrogen) atoms. The Morgan fingerprint density at radius 2 is 2.00 bits per heavy atom. The molecule has 0 unspecified atom stereocenters. The number of hydrogen-bond donors (Lipinski definition) is 2. The Hall–Kier alpha value is -1.36. The third-order valence-electron chi connectivity index (χ3n) is 3.08. The lowest BCUT2D eigenvalue weighted by Gasteiger charge is -2.10. The van der Waals surface area contributed by atoms with Crippen molar-refractivity contribution in [2.45, 2.75) is 6.42 Å². The molecule has 0 aromatic heterocycles. The second-order valence-corrected chi connectivity index (χ2v) is 5.86. The van der Waals surface area contributed by atoms with Crippen LogP contribution in [-0.2, 0) is 6.42 Å². The van der Waals surface area contributed by atoms with E-state index in [-0.39, 0.29) is 5.91 Å². The van der Waals surface area contributed by atoms with Gasteiger partial charge in [-0.3, -0.25) is 4.79 Å². The molecule has 0 saturated heterocycles. The second kappa shape index (κ2) is 7.59. The Labute approximate surface area is 137 Å². The maximum Gasteiger partial charge on any atom is 0.255 e. The van der Waals surface area contributed by atoms with E-state index in [1.807, 2.05) is 43.4 Å². The molecule has 0 spiro atoms. The van der Waals surface area contributed by atoms with Gasteiger partial charge in [-0.15, -0.1) is 0 Å². The van der Waals surface area contributed by atoms with Gasteiger partial charge in [0.15, 0.2) is 0 Å². The zero-order chi connectivity index (χ0) is 15.2. The third kappa shape index (κ3) is 4.30. The summed E-state index contributed by atoms with van der Waals surface area (Å²) in [5, 5.41) is 6.54. The molecule has 2 aromatic carbocycles. The molecule has 2 rings (SSSR count). The summed E-state index contributed by atoms with van der Waals surface area (Å²) < 4.78 is 0.802. The maximum atomic E-state index is 12.4. The monoisotopic (exact) mass is 366 g/mol. The maximum absolute atomic E-state index is 12.4. The molecule has 110 valence electrons. The van der Waals surface area contributed by atoms with Gasteiger partial charge in [-0.2, -0.15) is 0 Å². The van der Waals surface area contributed by atoms with Crippen molar-refractivity contribution in [2.75, 3.05) is 18.9 Å². The summed E-state index contributed by atoms with van der Waals surface area (Å²) in [6, 6.07) is 13.0. The van der Waals surface area contributed by atoms with Crippen LogP contribution in [0.1, 0.15) is 15.9 Å². The SMILES string of the molecule is CNCCc1ccccc1C(=O)Nc1ccc(Br)c(Cl)c1. The number of carbonyl (C=O) groups excluding carboxylic acids is 1. The van der Waals surface area contributed by atoms with Crippen LogP contribution in [-0.4, -0.2) is 19.5 Å². The van der Waals surface area contributed by atoms with Gasteiger partial charge in [0.05, 0.1) is 5.02 Å². The predicted molar refractivity (Wildman–Crippen MR) is 91.2 cm³/mol. The van der Waals surface area contributed by atoms with Gasteiger partial charge in [0.25, 0.3) is 5.91 Å². The molecule has 0 aliphatic heterocycles. The largest absolute Gasteiger partial charge is 0.322 e. The van der Waals surface area contributed by atoms with Gasteiger partial charge in [0.1, 0.15) is 0 Å². The van der Waals surface area contributed by atoms with Crippen LogP contribution in [0.25, 0.3) is 0 Å². The molecular weight excluding hydrogens is 352 g/mol. The molecule has 1 amide bonds. The molecule has 2 N–H and O–H groups in total. The average molecular weight is 368 g/mol. The first-order valence-electron chi connectivity index (χ1n) is 6.60. The van der Waals surface area contributed by atoms with Crippen molar-refractivity contribution >= 4 is 39.1 Å². The van der Waals surface area contributed by atoms with Crippen molar-refractivity contribution < 1.29 is 4.79 Å². The summed E-state index contributed by atoms with van der Waals surface area (Å²) >= 11 is 9.37. The van der Waals surface area contributed by atoms with E-state index in [0.29, 0.717) is 16.3 Å². The Bertz CT molecular complexity index is 646. The number of amides is 1. The quantitative estimate of drug-likeness (QED) is 0.835. The van der Waals surface area contributed by atoms with E-state index in [1.165, 1.54) is 0 Å². The molecule has 0 fully saturated rings. The Morgan fingerprint density at radius 1 is 1.24 bits per heavy atom. The standard InChI is InChI=1S/C16H16BrClN2O/c1-19-9-8-11-4-2-3-5-13(11)16(21)20-12-6-7-14(17)15(18)10-12/h2-7,10,19H,8-9H2,1H3,(H,20,21).